The van der Waals surface area contributed by atoms with Gasteiger partial charge in [0, 0.05) is 6.42 Å². The van der Waals surface area contributed by atoms with Gasteiger partial charge in [0.05, 0.1) is 6.10 Å². The van der Waals surface area contributed by atoms with Crippen molar-refractivity contribution in [2.24, 2.45) is 0 Å². The molecule has 0 aliphatic heterocycles. The zero-order valence-corrected chi connectivity index (χ0v) is 14.2. The van der Waals surface area contributed by atoms with Crippen molar-refractivity contribution in [3.63, 3.8) is 0 Å². The Morgan fingerprint density at radius 1 is 0.955 bits per heavy atom. The number of allylic oxidation sites excluding steroid dienone is 7. The van der Waals surface area contributed by atoms with E-state index in [9.17, 15) is 9.90 Å². The number of hydrogen-bond donors (Lipinski definition) is 1. The summed E-state index contributed by atoms with van der Waals surface area (Å²) in [6.07, 6.45) is 22.2. The highest BCUT2D eigenvalue weighted by Crippen LogP contribution is 2.02. The van der Waals surface area contributed by atoms with Crippen molar-refractivity contribution in [3.05, 3.63) is 48.6 Å². The molecule has 0 saturated carbocycles. The Hall–Kier alpha value is -1.41. The smallest absolute Gasteiger partial charge is 0.155 e. The Bertz CT molecular complexity index is 375. The molecule has 0 amide bonds. The van der Waals surface area contributed by atoms with E-state index in [0.29, 0.717) is 12.8 Å². The number of aliphatic hydroxyl groups is 1. The number of unbranched alkanes of at least 4 members (excludes halogenated alkanes) is 4. The van der Waals surface area contributed by atoms with Gasteiger partial charge in [0.15, 0.2) is 5.78 Å². The van der Waals surface area contributed by atoms with Gasteiger partial charge in [-0.15, -0.1) is 0 Å². The predicted molar refractivity (Wildman–Crippen MR) is 95.9 cm³/mol. The minimum atomic E-state index is -0.548. The summed E-state index contributed by atoms with van der Waals surface area (Å²) in [4.78, 5) is 11.6. The number of ketones is 1. The minimum absolute atomic E-state index is 0.0612. The molecule has 2 nitrogen and oxygen atoms in total. The summed E-state index contributed by atoms with van der Waals surface area (Å²) in [5.74, 6) is 0.0612. The Morgan fingerprint density at radius 3 is 2.14 bits per heavy atom. The van der Waals surface area contributed by atoms with E-state index in [1.807, 2.05) is 18.2 Å². The zero-order chi connectivity index (χ0) is 16.5. The molecule has 0 aromatic rings. The van der Waals surface area contributed by atoms with Gasteiger partial charge in [0.25, 0.3) is 0 Å². The number of aliphatic hydroxyl groups excluding tert-OH is 1. The summed E-state index contributed by atoms with van der Waals surface area (Å²) in [7, 11) is 0. The molecule has 124 valence electrons. The van der Waals surface area contributed by atoms with E-state index in [1.165, 1.54) is 25.7 Å². The third kappa shape index (κ3) is 15.0. The highest BCUT2D eigenvalue weighted by molar-refractivity contribution is 5.89. The highest BCUT2D eigenvalue weighted by atomic mass is 16.3. The van der Waals surface area contributed by atoms with Gasteiger partial charge < -0.3 is 5.11 Å². The average Bonchev–Trinajstić information content (AvgIpc) is 2.52. The molecule has 0 saturated heterocycles. The van der Waals surface area contributed by atoms with E-state index in [2.05, 4.69) is 26.0 Å². The van der Waals surface area contributed by atoms with Gasteiger partial charge in [-0.1, -0.05) is 82.1 Å². The molecular weight excluding hydrogens is 272 g/mol. The van der Waals surface area contributed by atoms with Crippen LogP contribution in [0.4, 0.5) is 0 Å². The minimum Gasteiger partial charge on any atom is -0.389 e. The van der Waals surface area contributed by atoms with Gasteiger partial charge in [-0.25, -0.2) is 0 Å². The maximum Gasteiger partial charge on any atom is 0.155 e. The van der Waals surface area contributed by atoms with E-state index < -0.39 is 6.10 Å². The van der Waals surface area contributed by atoms with Crippen molar-refractivity contribution in [2.75, 3.05) is 0 Å². The Balaban J connectivity index is 3.80. The first-order chi connectivity index (χ1) is 10.7. The van der Waals surface area contributed by atoms with Crippen molar-refractivity contribution in [1.29, 1.82) is 0 Å². The summed E-state index contributed by atoms with van der Waals surface area (Å²) in [5, 5.41) is 9.76. The second kappa shape index (κ2) is 16.0. The van der Waals surface area contributed by atoms with Crippen LogP contribution >= 0.6 is 0 Å². The molecule has 0 aromatic carbocycles. The fraction of sp³-hybridized carbons (Fsp3) is 0.550. The van der Waals surface area contributed by atoms with Crippen LogP contribution in [0.1, 0.15) is 65.2 Å². The quantitative estimate of drug-likeness (QED) is 0.285. The summed E-state index contributed by atoms with van der Waals surface area (Å²) in [5.41, 5.74) is 0. The lowest BCUT2D eigenvalue weighted by atomic mass is 10.1. The van der Waals surface area contributed by atoms with Gasteiger partial charge >= 0.3 is 0 Å². The van der Waals surface area contributed by atoms with Crippen LogP contribution in [0, 0.1) is 0 Å². The van der Waals surface area contributed by atoms with Crippen LogP contribution in [0.5, 0.6) is 0 Å². The van der Waals surface area contributed by atoms with Crippen LogP contribution < -0.4 is 0 Å². The molecule has 22 heavy (non-hydrogen) atoms. The number of hydrogen-bond acceptors (Lipinski definition) is 2. The van der Waals surface area contributed by atoms with Crippen molar-refractivity contribution in [2.45, 2.75) is 71.3 Å². The number of carbonyl (C=O) groups is 1. The molecule has 0 aliphatic carbocycles. The zero-order valence-electron chi connectivity index (χ0n) is 14.2. The number of rotatable bonds is 13. The molecule has 0 rings (SSSR count). The van der Waals surface area contributed by atoms with Crippen LogP contribution in [0.25, 0.3) is 0 Å². The van der Waals surface area contributed by atoms with E-state index in [0.717, 1.165) is 12.8 Å². The molecule has 0 bridgehead atoms. The van der Waals surface area contributed by atoms with Crippen molar-refractivity contribution >= 4 is 5.78 Å². The first-order valence-electron chi connectivity index (χ1n) is 8.58. The summed E-state index contributed by atoms with van der Waals surface area (Å²) in [6, 6.07) is 0. The second-order valence-corrected chi connectivity index (χ2v) is 5.46. The van der Waals surface area contributed by atoms with Crippen molar-refractivity contribution in [3.8, 4) is 0 Å². The van der Waals surface area contributed by atoms with Crippen LogP contribution in [-0.4, -0.2) is 17.0 Å². The maximum absolute atomic E-state index is 11.6. The normalized spacial score (nSPS) is 14.0. The predicted octanol–water partition coefficient (Wildman–Crippen LogP) is 5.30. The van der Waals surface area contributed by atoms with Crippen molar-refractivity contribution < 1.29 is 9.90 Å². The molecule has 0 heterocycles. The maximum atomic E-state index is 11.6. The van der Waals surface area contributed by atoms with E-state index >= 15 is 0 Å². The fourth-order valence-corrected chi connectivity index (χ4v) is 1.82. The lowest BCUT2D eigenvalue weighted by molar-refractivity contribution is -0.115. The first-order valence-corrected chi connectivity index (χ1v) is 8.58. The summed E-state index contributed by atoms with van der Waals surface area (Å²) >= 11 is 0. The lowest BCUT2D eigenvalue weighted by Crippen LogP contribution is -2.05. The monoisotopic (exact) mass is 304 g/mol. The molecule has 0 radical (unpaired) electrons. The first kappa shape index (κ1) is 20.6. The van der Waals surface area contributed by atoms with Gasteiger partial charge in [0.1, 0.15) is 0 Å². The topological polar surface area (TPSA) is 37.3 Å². The Morgan fingerprint density at radius 2 is 1.55 bits per heavy atom. The fourth-order valence-electron chi connectivity index (χ4n) is 1.82. The summed E-state index contributed by atoms with van der Waals surface area (Å²) in [6.45, 7) is 4.33. The molecule has 2 heteroatoms. The van der Waals surface area contributed by atoms with Crippen LogP contribution in [-0.2, 0) is 4.79 Å². The van der Waals surface area contributed by atoms with Gasteiger partial charge in [-0.2, -0.15) is 0 Å². The molecule has 1 atom stereocenters. The molecule has 0 fully saturated rings. The molecule has 0 aromatic heterocycles. The Labute approximate surface area is 136 Å². The molecule has 0 aliphatic rings. The van der Waals surface area contributed by atoms with Crippen LogP contribution in [0.15, 0.2) is 48.6 Å². The third-order valence-corrected chi connectivity index (χ3v) is 3.24. The Kier molecular flexibility index (Phi) is 14.9. The molecule has 1 N–H and O–H groups in total. The van der Waals surface area contributed by atoms with E-state index in [4.69, 9.17) is 0 Å². The van der Waals surface area contributed by atoms with Gasteiger partial charge in [-0.05, 0) is 25.3 Å². The van der Waals surface area contributed by atoms with E-state index in [-0.39, 0.29) is 5.78 Å². The van der Waals surface area contributed by atoms with Gasteiger partial charge in [0.2, 0.25) is 0 Å². The molecular formula is C20H32O2. The largest absolute Gasteiger partial charge is 0.389 e. The van der Waals surface area contributed by atoms with Gasteiger partial charge in [-0.3, -0.25) is 4.79 Å². The molecule has 1 unspecified atom stereocenters. The highest BCUT2D eigenvalue weighted by Gasteiger charge is 2.02. The van der Waals surface area contributed by atoms with Crippen molar-refractivity contribution in [1.82, 2.24) is 0 Å². The number of carbonyl (C=O) groups excluding carboxylic acids is 1. The third-order valence-electron chi connectivity index (χ3n) is 3.24. The lowest BCUT2D eigenvalue weighted by Gasteiger charge is -2.02. The molecule has 0 spiro atoms. The standard InChI is InChI=1S/C20H32O2/c1-3-5-7-9-11-13-15-19(21)17-18-20(22)16-14-12-10-8-6-4-2/h9-16,19,21H,3-8,17-18H2,1-2H3. The second-order valence-electron chi connectivity index (χ2n) is 5.46. The van der Waals surface area contributed by atoms with Crippen LogP contribution in [0.3, 0.4) is 0 Å². The average molecular weight is 304 g/mol. The van der Waals surface area contributed by atoms with Crippen LogP contribution in [0.2, 0.25) is 0 Å². The summed E-state index contributed by atoms with van der Waals surface area (Å²) < 4.78 is 0. The van der Waals surface area contributed by atoms with E-state index in [1.54, 1.807) is 18.2 Å². The SMILES string of the molecule is CCCCC=CC=CC(=O)CCC(O)C=CC=CCCCC.